The van der Waals surface area contributed by atoms with E-state index in [0.29, 0.717) is 5.89 Å². The topological polar surface area (TPSA) is 29.3 Å². The molecule has 1 aromatic heterocycles. The Labute approximate surface area is 324 Å². The lowest BCUT2D eigenvalue weighted by Crippen LogP contribution is -2.09. The van der Waals surface area contributed by atoms with Gasteiger partial charge in [-0.2, -0.15) is 0 Å². The molecule has 3 heteroatoms. The molecule has 10 aromatic carbocycles. The molecule has 0 atom stereocenters. The highest BCUT2D eigenvalue weighted by molar-refractivity contribution is 6.26. The monoisotopic (exact) mass is 714 g/mol. The summed E-state index contributed by atoms with van der Waals surface area (Å²) in [5, 5.41) is 9.38. The van der Waals surface area contributed by atoms with Crippen molar-refractivity contribution in [3.05, 3.63) is 206 Å². The van der Waals surface area contributed by atoms with Crippen LogP contribution in [0.3, 0.4) is 0 Å². The summed E-state index contributed by atoms with van der Waals surface area (Å²) in [6, 6.07) is 73.6. The van der Waals surface area contributed by atoms with Crippen molar-refractivity contribution >= 4 is 71.3 Å². The smallest absolute Gasteiger partial charge is 0.227 e. The average Bonchev–Trinajstić information content (AvgIpc) is 3.72. The lowest BCUT2D eigenvalue weighted by atomic mass is 9.95. The molecule has 56 heavy (non-hydrogen) atoms. The van der Waals surface area contributed by atoms with Crippen molar-refractivity contribution in [3.8, 4) is 33.7 Å². The molecular weight excluding hydrogens is 681 g/mol. The Morgan fingerprint density at radius 3 is 1.68 bits per heavy atom. The molecule has 11 aromatic rings. The van der Waals surface area contributed by atoms with E-state index in [1.807, 2.05) is 30.3 Å². The van der Waals surface area contributed by atoms with Crippen molar-refractivity contribution in [2.24, 2.45) is 0 Å². The van der Waals surface area contributed by atoms with E-state index in [1.54, 1.807) is 0 Å². The first-order chi connectivity index (χ1) is 27.7. The number of nitrogens with zero attached hydrogens (tertiary/aromatic N) is 2. The van der Waals surface area contributed by atoms with Gasteiger partial charge in [0.2, 0.25) is 5.89 Å². The average molecular weight is 715 g/mol. The van der Waals surface area contributed by atoms with Gasteiger partial charge in [0, 0.05) is 33.4 Å². The van der Waals surface area contributed by atoms with Gasteiger partial charge in [-0.1, -0.05) is 152 Å². The van der Waals surface area contributed by atoms with Crippen molar-refractivity contribution < 1.29 is 4.42 Å². The summed E-state index contributed by atoms with van der Waals surface area (Å²) >= 11 is 0. The molecule has 0 bridgehead atoms. The van der Waals surface area contributed by atoms with Crippen LogP contribution < -0.4 is 4.90 Å². The number of rotatable bonds is 6. The molecule has 1 heterocycles. The zero-order chi connectivity index (χ0) is 37.0. The molecule has 262 valence electrons. The Hall–Kier alpha value is -7.49. The number of benzene rings is 10. The van der Waals surface area contributed by atoms with Crippen LogP contribution in [0, 0.1) is 0 Å². The molecule has 11 rings (SSSR count). The zero-order valence-corrected chi connectivity index (χ0v) is 30.4. The molecule has 0 aliphatic carbocycles. The summed E-state index contributed by atoms with van der Waals surface area (Å²) in [6.45, 7) is 0. The normalized spacial score (nSPS) is 11.6. The number of oxazole rings is 1. The summed E-state index contributed by atoms with van der Waals surface area (Å²) in [7, 11) is 0. The van der Waals surface area contributed by atoms with Crippen LogP contribution in [-0.2, 0) is 0 Å². The quantitative estimate of drug-likeness (QED) is 0.161. The maximum absolute atomic E-state index is 6.59. The summed E-state index contributed by atoms with van der Waals surface area (Å²) in [6.07, 6.45) is 0. The number of fused-ring (bicyclic) bond motifs is 8. The van der Waals surface area contributed by atoms with E-state index >= 15 is 0 Å². The van der Waals surface area contributed by atoms with E-state index in [0.717, 1.165) is 49.9 Å². The number of anilines is 3. The molecule has 0 fully saturated rings. The summed E-state index contributed by atoms with van der Waals surface area (Å²) in [5.41, 5.74) is 10.7. The zero-order valence-electron chi connectivity index (χ0n) is 30.4. The molecule has 0 saturated heterocycles. The lowest BCUT2D eigenvalue weighted by Gasteiger charge is -2.26. The summed E-state index contributed by atoms with van der Waals surface area (Å²) < 4.78 is 6.59. The van der Waals surface area contributed by atoms with Crippen LogP contribution in [0.25, 0.3) is 87.9 Å². The third-order valence-electron chi connectivity index (χ3n) is 11.1. The van der Waals surface area contributed by atoms with Crippen LogP contribution in [0.2, 0.25) is 0 Å². The fraction of sp³-hybridized carbons (Fsp3) is 0. The highest BCUT2D eigenvalue weighted by Gasteiger charge is 2.18. The van der Waals surface area contributed by atoms with Gasteiger partial charge in [0.25, 0.3) is 0 Å². The molecule has 0 saturated carbocycles. The Bertz CT molecular complexity index is 3220. The molecule has 0 spiro atoms. The van der Waals surface area contributed by atoms with Crippen LogP contribution in [0.1, 0.15) is 0 Å². The van der Waals surface area contributed by atoms with E-state index in [-0.39, 0.29) is 0 Å². The van der Waals surface area contributed by atoms with Gasteiger partial charge < -0.3 is 9.32 Å². The number of hydrogen-bond acceptors (Lipinski definition) is 3. The van der Waals surface area contributed by atoms with E-state index in [4.69, 9.17) is 9.40 Å². The predicted octanol–water partition coefficient (Wildman–Crippen LogP) is 14.9. The molecule has 3 nitrogen and oxygen atoms in total. The second-order valence-electron chi connectivity index (χ2n) is 14.4. The van der Waals surface area contributed by atoms with Crippen LogP contribution in [0.15, 0.2) is 211 Å². The van der Waals surface area contributed by atoms with Crippen molar-refractivity contribution in [2.45, 2.75) is 0 Å². The van der Waals surface area contributed by atoms with Gasteiger partial charge in [0.1, 0.15) is 5.52 Å². The van der Waals surface area contributed by atoms with Crippen molar-refractivity contribution in [1.29, 1.82) is 0 Å². The molecule has 0 unspecified atom stereocenters. The maximum Gasteiger partial charge on any atom is 0.227 e. The Kier molecular flexibility index (Phi) is 7.49. The first-order valence-corrected chi connectivity index (χ1v) is 19.0. The Balaban J connectivity index is 1.07. The van der Waals surface area contributed by atoms with E-state index in [2.05, 4.69) is 181 Å². The molecule has 0 radical (unpaired) electrons. The van der Waals surface area contributed by atoms with Crippen LogP contribution >= 0.6 is 0 Å². The lowest BCUT2D eigenvalue weighted by molar-refractivity contribution is 0.623. The van der Waals surface area contributed by atoms with Crippen molar-refractivity contribution in [1.82, 2.24) is 4.98 Å². The third kappa shape index (κ3) is 5.40. The standard InChI is InChI=1S/C53H34N2O/c1-3-10-35(11-4-1)36-22-27-43(28-23-36)55(44-29-24-38(25-30-44)47-17-9-15-37-12-7-8-16-46(37)47)45-31-32-48-42(34-45)21-20-39-18-19-40-26-33-49-52(51(40)50(39)48)56-53(54-49)41-13-5-2-6-14-41/h1-34H. The summed E-state index contributed by atoms with van der Waals surface area (Å²) in [4.78, 5) is 7.27. The molecular formula is C53H34N2O. The van der Waals surface area contributed by atoms with Crippen LogP contribution in [0.4, 0.5) is 17.1 Å². The Morgan fingerprint density at radius 2 is 0.929 bits per heavy atom. The highest BCUT2D eigenvalue weighted by Crippen LogP contribution is 2.42. The van der Waals surface area contributed by atoms with E-state index in [9.17, 15) is 0 Å². The van der Waals surface area contributed by atoms with Crippen LogP contribution in [-0.4, -0.2) is 4.98 Å². The number of aromatic nitrogens is 1. The highest BCUT2D eigenvalue weighted by atomic mass is 16.3. The number of hydrogen-bond donors (Lipinski definition) is 0. The molecule has 0 N–H and O–H groups in total. The minimum Gasteiger partial charge on any atom is -0.435 e. The van der Waals surface area contributed by atoms with Gasteiger partial charge in [-0.05, 0) is 109 Å². The second-order valence-corrected chi connectivity index (χ2v) is 14.4. The SMILES string of the molecule is c1ccc(-c2ccc(N(c3ccc(-c4cccc5ccccc45)cc3)c3ccc4c(ccc5ccc6ccc7nc(-c8ccccc8)oc7c6c54)c3)cc2)cc1. The maximum atomic E-state index is 6.59. The van der Waals surface area contributed by atoms with Gasteiger partial charge >= 0.3 is 0 Å². The Morgan fingerprint density at radius 1 is 0.357 bits per heavy atom. The molecule has 0 aliphatic heterocycles. The van der Waals surface area contributed by atoms with E-state index < -0.39 is 0 Å². The molecule has 0 amide bonds. The molecule has 0 aliphatic rings. The minimum absolute atomic E-state index is 0.632. The summed E-state index contributed by atoms with van der Waals surface area (Å²) in [5.74, 6) is 0.632. The second kappa shape index (κ2) is 13.1. The van der Waals surface area contributed by atoms with E-state index in [1.165, 1.54) is 49.2 Å². The predicted molar refractivity (Wildman–Crippen MR) is 235 cm³/mol. The van der Waals surface area contributed by atoms with Gasteiger partial charge in [0.15, 0.2) is 5.58 Å². The van der Waals surface area contributed by atoms with Gasteiger partial charge in [-0.15, -0.1) is 0 Å². The fourth-order valence-electron chi connectivity index (χ4n) is 8.33. The van der Waals surface area contributed by atoms with Crippen LogP contribution in [0.5, 0.6) is 0 Å². The van der Waals surface area contributed by atoms with Gasteiger partial charge in [-0.25, -0.2) is 4.98 Å². The van der Waals surface area contributed by atoms with Crippen molar-refractivity contribution in [2.75, 3.05) is 4.90 Å². The van der Waals surface area contributed by atoms with Crippen molar-refractivity contribution in [3.63, 3.8) is 0 Å². The third-order valence-corrected chi connectivity index (χ3v) is 11.1. The largest absolute Gasteiger partial charge is 0.435 e. The van der Waals surface area contributed by atoms with Gasteiger partial charge in [-0.3, -0.25) is 0 Å². The fourth-order valence-corrected chi connectivity index (χ4v) is 8.33. The first-order valence-electron chi connectivity index (χ1n) is 19.0. The minimum atomic E-state index is 0.632. The first kappa shape index (κ1) is 32.0. The van der Waals surface area contributed by atoms with Gasteiger partial charge in [0.05, 0.1) is 0 Å².